The zero-order valence-corrected chi connectivity index (χ0v) is 10.2. The van der Waals surface area contributed by atoms with Gasteiger partial charge in [-0.2, -0.15) is 0 Å². The molecule has 0 atom stereocenters. The minimum atomic E-state index is -0.314. The van der Waals surface area contributed by atoms with Crippen LogP contribution in [0.1, 0.15) is 16.1 Å². The van der Waals surface area contributed by atoms with Crippen molar-refractivity contribution in [2.45, 2.75) is 6.42 Å². The quantitative estimate of drug-likeness (QED) is 0.819. The molecule has 1 heterocycles. The van der Waals surface area contributed by atoms with E-state index >= 15 is 0 Å². The lowest BCUT2D eigenvalue weighted by Gasteiger charge is -2.04. The van der Waals surface area contributed by atoms with Gasteiger partial charge in [0.15, 0.2) is 5.69 Å². The first-order valence-electron chi connectivity index (χ1n) is 5.24. The van der Waals surface area contributed by atoms with Crippen molar-refractivity contribution in [3.05, 3.63) is 47.9 Å². The molecule has 0 unspecified atom stereocenters. The van der Waals surface area contributed by atoms with E-state index in [1.807, 2.05) is 12.1 Å². The van der Waals surface area contributed by atoms with E-state index in [0.29, 0.717) is 17.1 Å². The van der Waals surface area contributed by atoms with Crippen LogP contribution in [-0.2, 0) is 6.42 Å². The molecule has 5 nitrogen and oxygen atoms in total. The summed E-state index contributed by atoms with van der Waals surface area (Å²) in [6.45, 7) is 0. The highest BCUT2D eigenvalue weighted by atomic mass is 32.1. The van der Waals surface area contributed by atoms with Crippen LogP contribution in [0.2, 0.25) is 0 Å². The van der Waals surface area contributed by atoms with Crippen LogP contribution in [0.15, 0.2) is 41.1 Å². The second kappa shape index (κ2) is 5.42. The number of hydrogen-bond donors (Lipinski definition) is 2. The van der Waals surface area contributed by atoms with Gasteiger partial charge in [-0.3, -0.25) is 4.79 Å². The van der Waals surface area contributed by atoms with Gasteiger partial charge in [-0.05, 0) is 17.7 Å². The fourth-order valence-corrected chi connectivity index (χ4v) is 1.60. The number of thiocarbonyl (C=S) groups is 1. The summed E-state index contributed by atoms with van der Waals surface area (Å²) < 4.78 is 4.60. The molecule has 92 valence electrons. The van der Waals surface area contributed by atoms with Crippen molar-refractivity contribution in [2.24, 2.45) is 5.73 Å². The third-order valence-corrected chi connectivity index (χ3v) is 2.40. The SMILES string of the molecule is NC(=S)Cc1ccc(NC(=O)c2ccon2)cc1. The molecule has 0 saturated heterocycles. The van der Waals surface area contributed by atoms with E-state index in [1.54, 1.807) is 12.1 Å². The molecule has 0 aliphatic carbocycles. The van der Waals surface area contributed by atoms with Crippen molar-refractivity contribution in [3.63, 3.8) is 0 Å². The van der Waals surface area contributed by atoms with Crippen LogP contribution in [0.4, 0.5) is 5.69 Å². The van der Waals surface area contributed by atoms with Gasteiger partial charge in [0.25, 0.3) is 5.91 Å². The Balaban J connectivity index is 2.02. The van der Waals surface area contributed by atoms with E-state index in [2.05, 4.69) is 15.0 Å². The number of hydrogen-bond acceptors (Lipinski definition) is 4. The van der Waals surface area contributed by atoms with Crippen LogP contribution < -0.4 is 11.1 Å². The number of rotatable bonds is 4. The van der Waals surface area contributed by atoms with Crippen LogP contribution in [0, 0.1) is 0 Å². The molecule has 0 radical (unpaired) electrons. The topological polar surface area (TPSA) is 81.1 Å². The zero-order valence-electron chi connectivity index (χ0n) is 9.42. The maximum Gasteiger partial charge on any atom is 0.277 e. The zero-order chi connectivity index (χ0) is 13.0. The normalized spacial score (nSPS) is 10.0. The number of nitrogens with one attached hydrogen (secondary N) is 1. The fraction of sp³-hybridized carbons (Fsp3) is 0.0833. The van der Waals surface area contributed by atoms with Gasteiger partial charge in [0.1, 0.15) is 6.26 Å². The average molecular weight is 261 g/mol. The van der Waals surface area contributed by atoms with Gasteiger partial charge in [-0.1, -0.05) is 29.5 Å². The summed E-state index contributed by atoms with van der Waals surface area (Å²) in [4.78, 5) is 12.1. The van der Waals surface area contributed by atoms with Crippen molar-refractivity contribution in [3.8, 4) is 0 Å². The number of benzene rings is 1. The molecule has 6 heteroatoms. The molecule has 0 bridgehead atoms. The molecule has 3 N–H and O–H groups in total. The Morgan fingerprint density at radius 1 is 1.33 bits per heavy atom. The molecule has 1 aromatic carbocycles. The van der Waals surface area contributed by atoms with Gasteiger partial charge in [0.2, 0.25) is 0 Å². The second-order valence-electron chi connectivity index (χ2n) is 3.68. The highest BCUT2D eigenvalue weighted by Crippen LogP contribution is 2.11. The van der Waals surface area contributed by atoms with Crippen LogP contribution in [0.25, 0.3) is 0 Å². The minimum Gasteiger partial charge on any atom is -0.393 e. The number of amides is 1. The highest BCUT2D eigenvalue weighted by molar-refractivity contribution is 7.80. The molecule has 2 rings (SSSR count). The molecule has 0 aliphatic heterocycles. The molecule has 1 aromatic heterocycles. The molecule has 0 saturated carbocycles. The summed E-state index contributed by atoms with van der Waals surface area (Å²) in [5.74, 6) is -0.314. The van der Waals surface area contributed by atoms with Gasteiger partial charge in [0.05, 0.1) is 4.99 Å². The largest absolute Gasteiger partial charge is 0.393 e. The molecule has 2 aromatic rings. The lowest BCUT2D eigenvalue weighted by molar-refractivity contribution is 0.101. The highest BCUT2D eigenvalue weighted by Gasteiger charge is 2.08. The Kier molecular flexibility index (Phi) is 3.69. The van der Waals surface area contributed by atoms with Crippen LogP contribution in [0.5, 0.6) is 0 Å². The number of aromatic nitrogens is 1. The number of nitrogens with zero attached hydrogens (tertiary/aromatic N) is 1. The van der Waals surface area contributed by atoms with Gasteiger partial charge in [0, 0.05) is 18.2 Å². The van der Waals surface area contributed by atoms with Crippen molar-refractivity contribution >= 4 is 28.8 Å². The first kappa shape index (κ1) is 12.3. The summed E-state index contributed by atoms with van der Waals surface area (Å²) in [5.41, 5.74) is 7.37. The standard InChI is InChI=1S/C12H11N3O2S/c13-11(18)7-8-1-3-9(4-2-8)14-12(16)10-5-6-17-15-10/h1-6H,7H2,(H2,13,18)(H,14,16). The number of anilines is 1. The monoisotopic (exact) mass is 261 g/mol. The van der Waals surface area contributed by atoms with Crippen LogP contribution in [0.3, 0.4) is 0 Å². The second-order valence-corrected chi connectivity index (χ2v) is 4.20. The van der Waals surface area contributed by atoms with Gasteiger partial charge < -0.3 is 15.6 Å². The Bertz CT molecular complexity index is 549. The number of carbonyl (C=O) groups is 1. The summed E-state index contributed by atoms with van der Waals surface area (Å²) in [6, 6.07) is 8.78. The lowest BCUT2D eigenvalue weighted by Crippen LogP contribution is -2.13. The third kappa shape index (κ3) is 3.14. The smallest absolute Gasteiger partial charge is 0.277 e. The predicted octanol–water partition coefficient (Wildman–Crippen LogP) is 1.76. The van der Waals surface area contributed by atoms with Crippen molar-refractivity contribution < 1.29 is 9.32 Å². The van der Waals surface area contributed by atoms with E-state index in [4.69, 9.17) is 18.0 Å². The van der Waals surface area contributed by atoms with E-state index in [-0.39, 0.29) is 11.6 Å². The van der Waals surface area contributed by atoms with Gasteiger partial charge >= 0.3 is 0 Å². The van der Waals surface area contributed by atoms with E-state index in [9.17, 15) is 4.79 Å². The first-order valence-corrected chi connectivity index (χ1v) is 5.65. The van der Waals surface area contributed by atoms with Crippen molar-refractivity contribution in [1.29, 1.82) is 0 Å². The van der Waals surface area contributed by atoms with Gasteiger partial charge in [-0.15, -0.1) is 0 Å². The van der Waals surface area contributed by atoms with E-state index < -0.39 is 0 Å². The molecular formula is C12H11N3O2S. The average Bonchev–Trinajstić information content (AvgIpc) is 2.84. The number of carbonyl (C=O) groups excluding carboxylic acids is 1. The molecule has 1 amide bonds. The molecule has 0 spiro atoms. The molecule has 0 fully saturated rings. The molecular weight excluding hydrogens is 250 g/mol. The fourth-order valence-electron chi connectivity index (χ4n) is 1.43. The van der Waals surface area contributed by atoms with Crippen LogP contribution >= 0.6 is 12.2 Å². The Morgan fingerprint density at radius 2 is 2.06 bits per heavy atom. The minimum absolute atomic E-state index is 0.238. The summed E-state index contributed by atoms with van der Waals surface area (Å²) in [6.07, 6.45) is 1.90. The summed E-state index contributed by atoms with van der Waals surface area (Å²) in [5, 5.41) is 6.25. The summed E-state index contributed by atoms with van der Waals surface area (Å²) >= 11 is 4.82. The Hall–Kier alpha value is -2.21. The maximum absolute atomic E-state index is 11.7. The Labute approximate surface area is 109 Å². The first-order chi connectivity index (χ1) is 8.65. The summed E-state index contributed by atoms with van der Waals surface area (Å²) in [7, 11) is 0. The number of nitrogens with two attached hydrogens (primary N) is 1. The Morgan fingerprint density at radius 3 is 2.61 bits per heavy atom. The van der Waals surface area contributed by atoms with Crippen molar-refractivity contribution in [2.75, 3.05) is 5.32 Å². The lowest BCUT2D eigenvalue weighted by atomic mass is 10.1. The van der Waals surface area contributed by atoms with Crippen molar-refractivity contribution in [1.82, 2.24) is 5.16 Å². The third-order valence-electron chi connectivity index (χ3n) is 2.26. The molecule has 0 aliphatic rings. The predicted molar refractivity (Wildman–Crippen MR) is 71.4 cm³/mol. The van der Waals surface area contributed by atoms with Crippen LogP contribution in [-0.4, -0.2) is 16.1 Å². The molecule has 18 heavy (non-hydrogen) atoms. The maximum atomic E-state index is 11.7. The van der Waals surface area contributed by atoms with Gasteiger partial charge in [-0.25, -0.2) is 0 Å². The van der Waals surface area contributed by atoms with E-state index in [1.165, 1.54) is 12.3 Å². The van der Waals surface area contributed by atoms with E-state index in [0.717, 1.165) is 5.56 Å².